The number of hydrogen-bond donors (Lipinski definition) is 1. The summed E-state index contributed by atoms with van der Waals surface area (Å²) in [4.78, 5) is 2.50. The van der Waals surface area contributed by atoms with Gasteiger partial charge in [-0.15, -0.1) is 0 Å². The van der Waals surface area contributed by atoms with Crippen molar-refractivity contribution in [2.45, 2.75) is 44.4 Å². The van der Waals surface area contributed by atoms with Gasteiger partial charge in [-0.1, -0.05) is 12.8 Å². The van der Waals surface area contributed by atoms with E-state index in [-0.39, 0.29) is 4.90 Å². The summed E-state index contributed by atoms with van der Waals surface area (Å²) in [5, 5.41) is 5.33. The Bertz CT molecular complexity index is 561. The van der Waals surface area contributed by atoms with Gasteiger partial charge in [-0.3, -0.25) is 0 Å². The molecule has 0 atom stereocenters. The lowest BCUT2D eigenvalue weighted by Gasteiger charge is -2.22. The molecule has 2 rings (SSSR count). The third-order valence-corrected chi connectivity index (χ3v) is 5.01. The molecule has 112 valence electrons. The number of hydrogen-bond acceptors (Lipinski definition) is 3. The number of benzene rings is 1. The van der Waals surface area contributed by atoms with Crippen LogP contribution in [-0.2, 0) is 16.4 Å². The van der Waals surface area contributed by atoms with E-state index in [1.807, 2.05) is 12.1 Å². The number of nitrogens with zero attached hydrogens (tertiary/aromatic N) is 1. The van der Waals surface area contributed by atoms with Crippen molar-refractivity contribution in [3.63, 3.8) is 0 Å². The minimum absolute atomic E-state index is 0.286. The van der Waals surface area contributed by atoms with Crippen LogP contribution in [0.3, 0.4) is 0 Å². The molecular weight excluding hydrogens is 272 g/mol. The zero-order valence-corrected chi connectivity index (χ0v) is 13.1. The SMILES string of the molecule is CCN(CC)c1ccc(S(N)(=O)=O)c(CCC2CC2)c1. The first-order valence-corrected chi connectivity index (χ1v) is 8.91. The van der Waals surface area contributed by atoms with Crippen molar-refractivity contribution in [2.75, 3.05) is 18.0 Å². The van der Waals surface area contributed by atoms with Crippen LogP contribution in [0.25, 0.3) is 0 Å². The molecule has 1 fully saturated rings. The Labute approximate surface area is 122 Å². The molecule has 0 amide bonds. The predicted molar refractivity (Wildman–Crippen MR) is 82.4 cm³/mol. The highest BCUT2D eigenvalue weighted by Crippen LogP contribution is 2.34. The molecule has 5 heteroatoms. The number of nitrogens with two attached hydrogens (primary N) is 1. The normalized spacial score (nSPS) is 15.3. The molecule has 2 N–H and O–H groups in total. The second-order valence-electron chi connectivity index (χ2n) is 5.49. The minimum Gasteiger partial charge on any atom is -0.372 e. The van der Waals surface area contributed by atoms with Crippen LogP contribution in [0, 0.1) is 5.92 Å². The van der Waals surface area contributed by atoms with Crippen LogP contribution in [-0.4, -0.2) is 21.5 Å². The summed E-state index contributed by atoms with van der Waals surface area (Å²) < 4.78 is 23.4. The number of rotatable bonds is 7. The molecule has 1 saturated carbocycles. The van der Waals surface area contributed by atoms with Gasteiger partial charge in [0.2, 0.25) is 10.0 Å². The fraction of sp³-hybridized carbons (Fsp3) is 0.600. The Balaban J connectivity index is 2.32. The molecule has 1 aliphatic rings. The second kappa shape index (κ2) is 6.14. The molecule has 0 spiro atoms. The van der Waals surface area contributed by atoms with Crippen molar-refractivity contribution in [3.05, 3.63) is 23.8 Å². The van der Waals surface area contributed by atoms with Crippen molar-refractivity contribution in [1.29, 1.82) is 0 Å². The van der Waals surface area contributed by atoms with Crippen LogP contribution in [0.5, 0.6) is 0 Å². The molecular formula is C15H24N2O2S. The van der Waals surface area contributed by atoms with Gasteiger partial charge in [0.15, 0.2) is 0 Å². The molecule has 0 radical (unpaired) electrons. The van der Waals surface area contributed by atoms with Crippen LogP contribution in [0.4, 0.5) is 5.69 Å². The highest BCUT2D eigenvalue weighted by molar-refractivity contribution is 7.89. The predicted octanol–water partition coefficient (Wildman–Crippen LogP) is 2.52. The maximum atomic E-state index is 11.7. The number of sulfonamides is 1. The molecule has 0 aromatic heterocycles. The van der Waals surface area contributed by atoms with Crippen molar-refractivity contribution >= 4 is 15.7 Å². The largest absolute Gasteiger partial charge is 0.372 e. The summed E-state index contributed by atoms with van der Waals surface area (Å²) >= 11 is 0. The summed E-state index contributed by atoms with van der Waals surface area (Å²) in [5.74, 6) is 0.778. The van der Waals surface area contributed by atoms with Crippen LogP contribution in [0.2, 0.25) is 0 Å². The van der Waals surface area contributed by atoms with Gasteiger partial charge in [0, 0.05) is 18.8 Å². The maximum absolute atomic E-state index is 11.7. The topological polar surface area (TPSA) is 63.4 Å². The van der Waals surface area contributed by atoms with E-state index in [1.54, 1.807) is 6.07 Å². The van der Waals surface area contributed by atoms with Crippen LogP contribution < -0.4 is 10.0 Å². The Kier molecular flexibility index (Phi) is 4.70. The van der Waals surface area contributed by atoms with E-state index in [2.05, 4.69) is 18.7 Å². The Morgan fingerprint density at radius 1 is 1.25 bits per heavy atom. The fourth-order valence-corrected chi connectivity index (χ4v) is 3.37. The van der Waals surface area contributed by atoms with Crippen molar-refractivity contribution in [1.82, 2.24) is 0 Å². The average Bonchev–Trinajstić information content (AvgIpc) is 3.20. The smallest absolute Gasteiger partial charge is 0.238 e. The molecule has 20 heavy (non-hydrogen) atoms. The van der Waals surface area contributed by atoms with Crippen molar-refractivity contribution < 1.29 is 8.42 Å². The van der Waals surface area contributed by atoms with Gasteiger partial charge in [-0.05, 0) is 56.4 Å². The van der Waals surface area contributed by atoms with Gasteiger partial charge in [-0.25, -0.2) is 13.6 Å². The monoisotopic (exact) mass is 296 g/mol. The van der Waals surface area contributed by atoms with Gasteiger partial charge in [0.25, 0.3) is 0 Å². The highest BCUT2D eigenvalue weighted by Gasteiger charge is 2.23. The zero-order chi connectivity index (χ0) is 14.8. The highest BCUT2D eigenvalue weighted by atomic mass is 32.2. The number of primary sulfonamides is 1. The second-order valence-corrected chi connectivity index (χ2v) is 7.02. The third-order valence-electron chi connectivity index (χ3n) is 4.00. The first-order valence-electron chi connectivity index (χ1n) is 7.36. The average molecular weight is 296 g/mol. The lowest BCUT2D eigenvalue weighted by atomic mass is 10.1. The molecule has 0 saturated heterocycles. The van der Waals surface area contributed by atoms with E-state index in [1.165, 1.54) is 12.8 Å². The summed E-state index contributed by atoms with van der Waals surface area (Å²) in [5.41, 5.74) is 1.94. The van der Waals surface area contributed by atoms with Gasteiger partial charge in [-0.2, -0.15) is 0 Å². The zero-order valence-electron chi connectivity index (χ0n) is 12.3. The molecule has 0 heterocycles. The standard InChI is InChI=1S/C15H24N2O2S/c1-3-17(4-2)14-9-10-15(20(16,18)19)13(11-14)8-7-12-5-6-12/h9-12H,3-8H2,1-2H3,(H2,16,18,19). The molecule has 1 aromatic carbocycles. The molecule has 0 bridgehead atoms. The van der Waals surface area contributed by atoms with Gasteiger partial charge >= 0.3 is 0 Å². The quantitative estimate of drug-likeness (QED) is 0.841. The van der Waals surface area contributed by atoms with Gasteiger partial charge in [0.1, 0.15) is 0 Å². The Hall–Kier alpha value is -1.07. The molecule has 1 aliphatic carbocycles. The third kappa shape index (κ3) is 3.73. The first kappa shape index (κ1) is 15.3. The molecule has 0 aliphatic heterocycles. The maximum Gasteiger partial charge on any atom is 0.238 e. The Morgan fingerprint density at radius 2 is 1.90 bits per heavy atom. The molecule has 1 aromatic rings. The van der Waals surface area contributed by atoms with E-state index in [0.29, 0.717) is 0 Å². The van der Waals surface area contributed by atoms with E-state index in [4.69, 9.17) is 5.14 Å². The summed E-state index contributed by atoms with van der Waals surface area (Å²) in [7, 11) is -3.64. The summed E-state index contributed by atoms with van der Waals surface area (Å²) in [6.45, 7) is 6.02. The lowest BCUT2D eigenvalue weighted by molar-refractivity contribution is 0.595. The van der Waals surface area contributed by atoms with E-state index in [0.717, 1.165) is 43.1 Å². The van der Waals surface area contributed by atoms with E-state index >= 15 is 0 Å². The summed E-state index contributed by atoms with van der Waals surface area (Å²) in [6.07, 6.45) is 4.41. The Morgan fingerprint density at radius 3 is 2.40 bits per heavy atom. The fourth-order valence-electron chi connectivity index (χ4n) is 2.59. The summed E-state index contributed by atoms with van der Waals surface area (Å²) in [6, 6.07) is 5.51. The van der Waals surface area contributed by atoms with Gasteiger partial charge in [0.05, 0.1) is 4.90 Å². The van der Waals surface area contributed by atoms with Crippen LogP contribution in [0.1, 0.15) is 38.7 Å². The van der Waals surface area contributed by atoms with Crippen LogP contribution >= 0.6 is 0 Å². The molecule has 4 nitrogen and oxygen atoms in total. The number of anilines is 1. The number of aryl methyl sites for hydroxylation is 1. The first-order chi connectivity index (χ1) is 9.45. The van der Waals surface area contributed by atoms with E-state index in [9.17, 15) is 8.42 Å². The van der Waals surface area contributed by atoms with Crippen molar-refractivity contribution in [2.24, 2.45) is 11.1 Å². The van der Waals surface area contributed by atoms with Crippen molar-refractivity contribution in [3.8, 4) is 0 Å². The minimum atomic E-state index is -3.64. The van der Waals surface area contributed by atoms with Gasteiger partial charge < -0.3 is 4.90 Å². The van der Waals surface area contributed by atoms with E-state index < -0.39 is 10.0 Å². The van der Waals surface area contributed by atoms with Crippen LogP contribution in [0.15, 0.2) is 23.1 Å². The lowest BCUT2D eigenvalue weighted by Crippen LogP contribution is -2.22. The molecule has 0 unspecified atom stereocenters.